The maximum atomic E-state index is 12.4. The Kier molecular flexibility index (Phi) is 9.58. The Balaban J connectivity index is 2.68. The number of aromatic hydroxyl groups is 1. The number of esters is 1. The lowest BCUT2D eigenvalue weighted by atomic mass is 9.98. The highest BCUT2D eigenvalue weighted by molar-refractivity contribution is 5.94. The molecule has 0 amide bonds. The number of ether oxygens (including phenoxy) is 3. The van der Waals surface area contributed by atoms with Crippen LogP contribution in [-0.2, 0) is 20.6 Å². The highest BCUT2D eigenvalue weighted by Gasteiger charge is 2.20. The van der Waals surface area contributed by atoms with Crippen LogP contribution in [0.3, 0.4) is 0 Å². The molecule has 5 nitrogen and oxygen atoms in total. The molecule has 1 N–H and O–H groups in total. The first-order valence-corrected chi connectivity index (χ1v) is 8.35. The smallest absolute Gasteiger partial charge is 0.342 e. The van der Waals surface area contributed by atoms with Gasteiger partial charge in [-0.2, -0.15) is 0 Å². The summed E-state index contributed by atoms with van der Waals surface area (Å²) in [4.78, 5) is 12.4. The van der Waals surface area contributed by atoms with Gasteiger partial charge in [-0.3, -0.25) is 0 Å². The van der Waals surface area contributed by atoms with Crippen molar-refractivity contribution in [2.24, 2.45) is 5.92 Å². The Bertz CT molecular complexity index is 567. The summed E-state index contributed by atoms with van der Waals surface area (Å²) in [6, 6.07) is 4.94. The Hall–Kier alpha value is -2.11. The van der Waals surface area contributed by atoms with Gasteiger partial charge in [0.15, 0.2) is 0 Å². The first-order chi connectivity index (χ1) is 12.0. The molecule has 2 atom stereocenters. The molecule has 0 heterocycles. The first kappa shape index (κ1) is 20.9. The average molecular weight is 348 g/mol. The summed E-state index contributed by atoms with van der Waals surface area (Å²) in [5, 5.41) is 9.98. The molecule has 2 unspecified atom stereocenters. The van der Waals surface area contributed by atoms with Gasteiger partial charge >= 0.3 is 5.97 Å². The third kappa shape index (κ3) is 6.72. The third-order valence-corrected chi connectivity index (χ3v) is 3.91. The van der Waals surface area contributed by atoms with E-state index in [-0.39, 0.29) is 36.7 Å². The molecule has 0 radical (unpaired) electrons. The maximum absolute atomic E-state index is 12.4. The van der Waals surface area contributed by atoms with E-state index in [1.807, 2.05) is 6.08 Å². The molecule has 0 saturated heterocycles. The van der Waals surface area contributed by atoms with E-state index < -0.39 is 5.97 Å². The standard InChI is InChI=1S/C20H28O5/c1-5-8-15(3)18(25-14-23-4)12-13-24-20(22)19-16(9-6-2)10-7-11-17(19)21/h5-7,10-11,15,18,21H,1-2,8-9,12-14H2,3-4H3. The highest BCUT2D eigenvalue weighted by atomic mass is 16.7. The molecule has 1 rings (SSSR count). The van der Waals surface area contributed by atoms with E-state index in [0.29, 0.717) is 18.4 Å². The Morgan fingerprint density at radius 2 is 2.08 bits per heavy atom. The predicted octanol–water partition coefficient (Wildman–Crippen LogP) is 3.87. The molecule has 0 spiro atoms. The van der Waals surface area contributed by atoms with Gasteiger partial charge in [0.25, 0.3) is 0 Å². The SMILES string of the molecule is C=CCc1cccc(O)c1C(=O)OCCC(OCOC)C(C)CC=C. The van der Waals surface area contributed by atoms with E-state index in [2.05, 4.69) is 20.1 Å². The fourth-order valence-corrected chi connectivity index (χ4v) is 2.59. The van der Waals surface area contributed by atoms with Gasteiger partial charge in [0.1, 0.15) is 18.1 Å². The number of allylic oxidation sites excluding steroid dienone is 2. The summed E-state index contributed by atoms with van der Waals surface area (Å²) in [7, 11) is 1.56. The zero-order valence-electron chi connectivity index (χ0n) is 15.1. The molecule has 0 aliphatic carbocycles. The lowest BCUT2D eigenvalue weighted by Gasteiger charge is -2.23. The van der Waals surface area contributed by atoms with Gasteiger partial charge in [0.05, 0.1) is 12.7 Å². The van der Waals surface area contributed by atoms with Crippen molar-refractivity contribution in [3.05, 3.63) is 54.6 Å². The second-order valence-corrected chi connectivity index (χ2v) is 5.84. The molecule has 0 saturated carbocycles. The number of phenols is 1. The zero-order valence-corrected chi connectivity index (χ0v) is 15.1. The number of benzene rings is 1. The lowest BCUT2D eigenvalue weighted by molar-refractivity contribution is -0.0950. The van der Waals surface area contributed by atoms with Crippen LogP contribution in [0.2, 0.25) is 0 Å². The van der Waals surface area contributed by atoms with Crippen LogP contribution >= 0.6 is 0 Å². The molecule has 25 heavy (non-hydrogen) atoms. The van der Waals surface area contributed by atoms with Gasteiger partial charge in [-0.05, 0) is 30.4 Å². The summed E-state index contributed by atoms with van der Waals surface area (Å²) in [6.07, 6.45) is 5.22. The topological polar surface area (TPSA) is 65.0 Å². The maximum Gasteiger partial charge on any atom is 0.342 e. The molecule has 1 aromatic carbocycles. The minimum absolute atomic E-state index is 0.0865. The van der Waals surface area contributed by atoms with Crippen LogP contribution in [0, 0.1) is 5.92 Å². The van der Waals surface area contributed by atoms with Gasteiger partial charge in [0.2, 0.25) is 0 Å². The lowest BCUT2D eigenvalue weighted by Crippen LogP contribution is -2.25. The Morgan fingerprint density at radius 1 is 1.32 bits per heavy atom. The van der Waals surface area contributed by atoms with Gasteiger partial charge in [0, 0.05) is 13.5 Å². The average Bonchev–Trinajstić information content (AvgIpc) is 2.58. The van der Waals surface area contributed by atoms with Crippen LogP contribution < -0.4 is 0 Å². The Morgan fingerprint density at radius 3 is 2.72 bits per heavy atom. The number of carbonyl (C=O) groups excluding carboxylic acids is 1. The van der Waals surface area contributed by atoms with Crippen LogP contribution in [0.5, 0.6) is 5.75 Å². The summed E-state index contributed by atoms with van der Waals surface area (Å²) in [5.41, 5.74) is 0.878. The molecule has 1 aromatic rings. The van der Waals surface area contributed by atoms with Crippen molar-refractivity contribution in [1.82, 2.24) is 0 Å². The monoisotopic (exact) mass is 348 g/mol. The van der Waals surface area contributed by atoms with Crippen molar-refractivity contribution in [2.45, 2.75) is 32.3 Å². The largest absolute Gasteiger partial charge is 0.507 e. The van der Waals surface area contributed by atoms with Crippen molar-refractivity contribution < 1.29 is 24.1 Å². The van der Waals surface area contributed by atoms with Crippen molar-refractivity contribution in [3.8, 4) is 5.75 Å². The van der Waals surface area contributed by atoms with Crippen LogP contribution in [0.1, 0.15) is 35.7 Å². The third-order valence-electron chi connectivity index (χ3n) is 3.91. The number of rotatable bonds is 12. The van der Waals surface area contributed by atoms with Crippen LogP contribution in [0.25, 0.3) is 0 Å². The number of hydrogen-bond acceptors (Lipinski definition) is 5. The van der Waals surface area contributed by atoms with E-state index >= 15 is 0 Å². The first-order valence-electron chi connectivity index (χ1n) is 8.35. The van der Waals surface area contributed by atoms with E-state index in [4.69, 9.17) is 14.2 Å². The van der Waals surface area contributed by atoms with E-state index in [0.717, 1.165) is 6.42 Å². The van der Waals surface area contributed by atoms with Crippen molar-refractivity contribution in [1.29, 1.82) is 0 Å². The second kappa shape index (κ2) is 11.4. The molecule has 0 aliphatic heterocycles. The van der Waals surface area contributed by atoms with E-state index in [1.54, 1.807) is 25.3 Å². The second-order valence-electron chi connectivity index (χ2n) is 5.84. The summed E-state index contributed by atoms with van der Waals surface area (Å²) < 4.78 is 16.0. The van der Waals surface area contributed by atoms with Crippen LogP contribution in [-0.4, -0.2) is 37.7 Å². The van der Waals surface area contributed by atoms with Gasteiger partial charge in [-0.1, -0.05) is 31.2 Å². The fourth-order valence-electron chi connectivity index (χ4n) is 2.59. The quantitative estimate of drug-likeness (QED) is 0.353. The summed E-state index contributed by atoms with van der Waals surface area (Å²) >= 11 is 0. The Labute approximate surface area is 149 Å². The van der Waals surface area contributed by atoms with E-state index in [1.165, 1.54) is 6.07 Å². The highest BCUT2D eigenvalue weighted by Crippen LogP contribution is 2.23. The van der Waals surface area contributed by atoms with E-state index in [9.17, 15) is 9.90 Å². The molecular formula is C20H28O5. The van der Waals surface area contributed by atoms with Crippen LogP contribution in [0.4, 0.5) is 0 Å². The molecule has 0 aliphatic rings. The molecule has 0 aromatic heterocycles. The van der Waals surface area contributed by atoms with Crippen molar-refractivity contribution >= 4 is 5.97 Å². The van der Waals surface area contributed by atoms with Crippen molar-refractivity contribution in [3.63, 3.8) is 0 Å². The molecule has 0 fully saturated rings. The summed E-state index contributed by atoms with van der Waals surface area (Å²) in [5.74, 6) is -0.402. The molecule has 138 valence electrons. The summed E-state index contributed by atoms with van der Waals surface area (Å²) in [6.45, 7) is 9.83. The normalized spacial score (nSPS) is 13.0. The number of phenolic OH excluding ortho intramolecular Hbond substituents is 1. The number of hydrogen-bond donors (Lipinski definition) is 1. The van der Waals surface area contributed by atoms with Crippen LogP contribution in [0.15, 0.2) is 43.5 Å². The molecule has 0 bridgehead atoms. The number of carbonyl (C=O) groups is 1. The molecule has 5 heteroatoms. The van der Waals surface area contributed by atoms with Gasteiger partial charge < -0.3 is 19.3 Å². The fraction of sp³-hybridized carbons (Fsp3) is 0.450. The minimum atomic E-state index is -0.545. The van der Waals surface area contributed by atoms with Gasteiger partial charge in [-0.25, -0.2) is 4.79 Å². The minimum Gasteiger partial charge on any atom is -0.507 e. The van der Waals surface area contributed by atoms with Gasteiger partial charge in [-0.15, -0.1) is 13.2 Å². The number of methoxy groups -OCH3 is 1. The zero-order chi connectivity index (χ0) is 18.7. The molecular weight excluding hydrogens is 320 g/mol. The predicted molar refractivity (Wildman–Crippen MR) is 97.6 cm³/mol. The van der Waals surface area contributed by atoms with Crippen molar-refractivity contribution in [2.75, 3.05) is 20.5 Å².